The summed E-state index contributed by atoms with van der Waals surface area (Å²) in [4.78, 5) is 0. The molecule has 17 heavy (non-hydrogen) atoms. The monoisotopic (exact) mass is 237 g/mol. The summed E-state index contributed by atoms with van der Waals surface area (Å²) >= 11 is 0. The second-order valence-corrected chi connectivity index (χ2v) is 4.36. The average Bonchev–Trinajstić information content (AvgIpc) is 2.37. The average molecular weight is 237 g/mol. The summed E-state index contributed by atoms with van der Waals surface area (Å²) in [7, 11) is 3.43. The lowest BCUT2D eigenvalue weighted by Crippen LogP contribution is -2.38. The van der Waals surface area contributed by atoms with E-state index < -0.39 is 0 Å². The quantitative estimate of drug-likeness (QED) is 0.825. The van der Waals surface area contributed by atoms with Crippen LogP contribution < -0.4 is 10.1 Å². The number of methoxy groups -OCH3 is 2. The van der Waals surface area contributed by atoms with Gasteiger partial charge in [0.1, 0.15) is 5.75 Å². The van der Waals surface area contributed by atoms with Crippen LogP contribution in [0.15, 0.2) is 24.3 Å². The van der Waals surface area contributed by atoms with Crippen LogP contribution in [0.5, 0.6) is 5.75 Å². The minimum Gasteiger partial charge on any atom is -0.496 e. The third-order valence-corrected chi connectivity index (χ3v) is 3.19. The largest absolute Gasteiger partial charge is 0.496 e. The Bertz CT molecular complexity index is 341. The van der Waals surface area contributed by atoms with Gasteiger partial charge in [0, 0.05) is 24.8 Å². The molecule has 0 aliphatic rings. The van der Waals surface area contributed by atoms with Gasteiger partial charge in [0.2, 0.25) is 0 Å². The molecule has 3 unspecified atom stereocenters. The molecule has 0 aromatic heterocycles. The van der Waals surface area contributed by atoms with Crippen molar-refractivity contribution in [3.63, 3.8) is 0 Å². The number of hydrogen-bond donors (Lipinski definition) is 1. The Balaban J connectivity index is 2.72. The molecule has 0 amide bonds. The van der Waals surface area contributed by atoms with Crippen LogP contribution in [0.25, 0.3) is 0 Å². The Labute approximate surface area is 104 Å². The molecule has 96 valence electrons. The first-order valence-corrected chi connectivity index (χ1v) is 6.02. The van der Waals surface area contributed by atoms with Gasteiger partial charge in [-0.15, -0.1) is 0 Å². The smallest absolute Gasteiger partial charge is 0.123 e. The molecule has 0 fully saturated rings. The Hall–Kier alpha value is -1.06. The van der Waals surface area contributed by atoms with Crippen molar-refractivity contribution in [2.75, 3.05) is 14.2 Å². The highest BCUT2D eigenvalue weighted by Crippen LogP contribution is 2.24. The molecule has 1 aromatic carbocycles. The van der Waals surface area contributed by atoms with Gasteiger partial charge in [0.15, 0.2) is 0 Å². The maximum Gasteiger partial charge on any atom is 0.123 e. The van der Waals surface area contributed by atoms with Gasteiger partial charge in [-0.3, -0.25) is 0 Å². The molecule has 3 heteroatoms. The number of hydrogen-bond acceptors (Lipinski definition) is 3. The van der Waals surface area contributed by atoms with Crippen molar-refractivity contribution >= 4 is 0 Å². The van der Waals surface area contributed by atoms with Crippen LogP contribution >= 0.6 is 0 Å². The van der Waals surface area contributed by atoms with Crippen molar-refractivity contribution in [1.82, 2.24) is 5.32 Å². The van der Waals surface area contributed by atoms with Crippen LogP contribution in [0, 0.1) is 0 Å². The van der Waals surface area contributed by atoms with Gasteiger partial charge in [-0.2, -0.15) is 0 Å². The molecule has 0 bridgehead atoms. The molecule has 0 saturated heterocycles. The second kappa shape index (κ2) is 6.62. The molecule has 0 saturated carbocycles. The summed E-state index contributed by atoms with van der Waals surface area (Å²) < 4.78 is 10.7. The Morgan fingerprint density at radius 1 is 1.06 bits per heavy atom. The summed E-state index contributed by atoms with van der Waals surface area (Å²) in [6, 6.07) is 8.61. The Kier molecular flexibility index (Phi) is 5.45. The van der Waals surface area contributed by atoms with Gasteiger partial charge in [-0.05, 0) is 26.8 Å². The van der Waals surface area contributed by atoms with E-state index in [2.05, 4.69) is 32.2 Å². The molecule has 0 spiro atoms. The standard InChI is InChI=1S/C14H23NO2/c1-10(12(3)16-4)15-11(2)13-8-6-7-9-14(13)17-5/h6-12,15H,1-5H3. The third-order valence-electron chi connectivity index (χ3n) is 3.19. The fraction of sp³-hybridized carbons (Fsp3) is 0.571. The van der Waals surface area contributed by atoms with E-state index in [0.29, 0.717) is 6.04 Å². The number of para-hydroxylation sites is 1. The number of benzene rings is 1. The van der Waals surface area contributed by atoms with Crippen LogP contribution in [-0.4, -0.2) is 26.4 Å². The molecular formula is C14H23NO2. The SMILES string of the molecule is COc1ccccc1C(C)NC(C)C(C)OC. The van der Waals surface area contributed by atoms with E-state index in [1.165, 1.54) is 5.56 Å². The Morgan fingerprint density at radius 2 is 1.71 bits per heavy atom. The zero-order valence-electron chi connectivity index (χ0n) is 11.4. The van der Waals surface area contributed by atoms with Crippen molar-refractivity contribution in [3.05, 3.63) is 29.8 Å². The molecule has 1 aromatic rings. The summed E-state index contributed by atoms with van der Waals surface area (Å²) in [5.41, 5.74) is 1.17. The van der Waals surface area contributed by atoms with Crippen molar-refractivity contribution in [1.29, 1.82) is 0 Å². The van der Waals surface area contributed by atoms with Crippen LogP contribution in [0.2, 0.25) is 0 Å². The van der Waals surface area contributed by atoms with E-state index in [1.54, 1.807) is 14.2 Å². The summed E-state index contributed by atoms with van der Waals surface area (Å²) in [6.07, 6.45) is 0.187. The van der Waals surface area contributed by atoms with Crippen LogP contribution in [0.4, 0.5) is 0 Å². The van der Waals surface area contributed by atoms with Crippen molar-refractivity contribution < 1.29 is 9.47 Å². The van der Waals surface area contributed by atoms with Crippen molar-refractivity contribution in [2.45, 2.75) is 39.0 Å². The topological polar surface area (TPSA) is 30.5 Å². The van der Waals surface area contributed by atoms with E-state index >= 15 is 0 Å². The third kappa shape index (κ3) is 3.72. The van der Waals surface area contributed by atoms with E-state index in [0.717, 1.165) is 5.75 Å². The predicted molar refractivity (Wildman–Crippen MR) is 70.5 cm³/mol. The second-order valence-electron chi connectivity index (χ2n) is 4.36. The minimum atomic E-state index is 0.187. The van der Waals surface area contributed by atoms with Gasteiger partial charge in [-0.25, -0.2) is 0 Å². The molecule has 1 rings (SSSR count). The van der Waals surface area contributed by atoms with Crippen LogP contribution in [0.1, 0.15) is 32.4 Å². The maximum atomic E-state index is 5.36. The summed E-state index contributed by atoms with van der Waals surface area (Å²) in [5, 5.41) is 3.52. The summed E-state index contributed by atoms with van der Waals surface area (Å²) in [6.45, 7) is 6.32. The molecule has 0 radical (unpaired) electrons. The lowest BCUT2D eigenvalue weighted by molar-refractivity contribution is 0.0851. The molecule has 0 heterocycles. The van der Waals surface area contributed by atoms with E-state index in [9.17, 15) is 0 Å². The van der Waals surface area contributed by atoms with Gasteiger partial charge in [0.05, 0.1) is 13.2 Å². The van der Waals surface area contributed by atoms with Crippen molar-refractivity contribution in [3.8, 4) is 5.75 Å². The molecule has 1 N–H and O–H groups in total. The lowest BCUT2D eigenvalue weighted by atomic mass is 10.1. The van der Waals surface area contributed by atoms with E-state index in [4.69, 9.17) is 9.47 Å². The zero-order valence-corrected chi connectivity index (χ0v) is 11.4. The molecule has 3 nitrogen and oxygen atoms in total. The lowest BCUT2D eigenvalue weighted by Gasteiger charge is -2.25. The van der Waals surface area contributed by atoms with Crippen LogP contribution in [-0.2, 0) is 4.74 Å². The zero-order chi connectivity index (χ0) is 12.8. The molecule has 0 aliphatic heterocycles. The van der Waals surface area contributed by atoms with Gasteiger partial charge >= 0.3 is 0 Å². The molecular weight excluding hydrogens is 214 g/mol. The first-order chi connectivity index (χ1) is 8.10. The highest BCUT2D eigenvalue weighted by Gasteiger charge is 2.16. The first kappa shape index (κ1) is 14.0. The highest BCUT2D eigenvalue weighted by molar-refractivity contribution is 5.35. The van der Waals surface area contributed by atoms with E-state index in [1.807, 2.05) is 18.2 Å². The minimum absolute atomic E-state index is 0.187. The summed E-state index contributed by atoms with van der Waals surface area (Å²) in [5.74, 6) is 0.921. The van der Waals surface area contributed by atoms with E-state index in [-0.39, 0.29) is 12.1 Å². The van der Waals surface area contributed by atoms with Gasteiger partial charge in [-0.1, -0.05) is 18.2 Å². The van der Waals surface area contributed by atoms with Gasteiger partial charge in [0.25, 0.3) is 0 Å². The normalized spacial score (nSPS) is 16.3. The fourth-order valence-electron chi connectivity index (χ4n) is 1.85. The number of ether oxygens (including phenoxy) is 2. The fourth-order valence-corrected chi connectivity index (χ4v) is 1.85. The maximum absolute atomic E-state index is 5.36. The Morgan fingerprint density at radius 3 is 2.29 bits per heavy atom. The highest BCUT2D eigenvalue weighted by atomic mass is 16.5. The molecule has 0 aliphatic carbocycles. The van der Waals surface area contributed by atoms with Crippen molar-refractivity contribution in [2.24, 2.45) is 0 Å². The van der Waals surface area contributed by atoms with Gasteiger partial charge < -0.3 is 14.8 Å². The number of rotatable bonds is 6. The predicted octanol–water partition coefficient (Wildman–Crippen LogP) is 2.77. The van der Waals surface area contributed by atoms with Crippen LogP contribution in [0.3, 0.4) is 0 Å². The molecule has 3 atom stereocenters. The number of nitrogens with one attached hydrogen (secondary N) is 1. The first-order valence-electron chi connectivity index (χ1n) is 6.02.